The number of carbonyl (C=O) groups excluding carboxylic acids is 1. The van der Waals surface area contributed by atoms with Gasteiger partial charge in [0.25, 0.3) is 11.5 Å². The zero-order valence-electron chi connectivity index (χ0n) is 12.3. The van der Waals surface area contributed by atoms with Gasteiger partial charge in [0, 0.05) is 6.54 Å². The van der Waals surface area contributed by atoms with Crippen molar-refractivity contribution in [3.63, 3.8) is 0 Å². The molecule has 1 fully saturated rings. The first-order valence-electron chi connectivity index (χ1n) is 7.17. The van der Waals surface area contributed by atoms with Gasteiger partial charge in [-0.2, -0.15) is 13.2 Å². The van der Waals surface area contributed by atoms with E-state index in [4.69, 9.17) is 0 Å². The molecule has 5 nitrogen and oxygen atoms in total. The van der Waals surface area contributed by atoms with Crippen molar-refractivity contribution in [3.8, 4) is 0 Å². The Hall–Kier alpha value is -1.54. The van der Waals surface area contributed by atoms with Crippen molar-refractivity contribution in [1.29, 1.82) is 0 Å². The van der Waals surface area contributed by atoms with Gasteiger partial charge in [-0.05, 0) is 50.4 Å². The number of rotatable bonds is 4. The molecule has 2 rings (SSSR count). The van der Waals surface area contributed by atoms with Crippen LogP contribution in [0.2, 0.25) is 0 Å². The molecule has 0 saturated carbocycles. The Morgan fingerprint density at radius 2 is 2.09 bits per heavy atom. The lowest BCUT2D eigenvalue weighted by molar-refractivity contribution is -0.141. The lowest BCUT2D eigenvalue weighted by Gasteiger charge is -2.22. The summed E-state index contributed by atoms with van der Waals surface area (Å²) >= 11 is 0. The zero-order chi connectivity index (χ0) is 16.2. The van der Waals surface area contributed by atoms with E-state index in [0.717, 1.165) is 38.4 Å². The zero-order valence-corrected chi connectivity index (χ0v) is 13.1. The number of amides is 1. The largest absolute Gasteiger partial charge is 0.431 e. The standard InChI is InChI=1S/C14H18F3N3O2.ClH/c15-14(16,17)11-4-3-10(13(22)20-11)12(21)19-7-5-9-2-1-6-18-8-9;/h3-4,9,18H,1-2,5-8H2,(H,19,21)(H,20,22);1H. The number of H-pyrrole nitrogens is 1. The molecule has 9 heteroatoms. The molecule has 0 radical (unpaired) electrons. The van der Waals surface area contributed by atoms with E-state index in [2.05, 4.69) is 10.6 Å². The normalized spacial score (nSPS) is 18.1. The van der Waals surface area contributed by atoms with Crippen LogP contribution >= 0.6 is 12.4 Å². The maximum Gasteiger partial charge on any atom is 0.431 e. The Bertz CT molecular complexity index is 583. The van der Waals surface area contributed by atoms with Gasteiger partial charge in [-0.1, -0.05) is 0 Å². The van der Waals surface area contributed by atoms with E-state index in [1.807, 2.05) is 0 Å². The number of carbonyl (C=O) groups is 1. The summed E-state index contributed by atoms with van der Waals surface area (Å²) < 4.78 is 37.3. The number of pyridine rings is 1. The summed E-state index contributed by atoms with van der Waals surface area (Å²) in [6.45, 7) is 2.30. The van der Waals surface area contributed by atoms with E-state index in [1.54, 1.807) is 4.98 Å². The van der Waals surface area contributed by atoms with E-state index in [9.17, 15) is 22.8 Å². The molecule has 0 aliphatic carbocycles. The maximum atomic E-state index is 12.4. The summed E-state index contributed by atoms with van der Waals surface area (Å²) in [5.74, 6) is -0.182. The van der Waals surface area contributed by atoms with Gasteiger partial charge in [0.2, 0.25) is 0 Å². The van der Waals surface area contributed by atoms with Gasteiger partial charge in [0.05, 0.1) is 0 Å². The van der Waals surface area contributed by atoms with Crippen LogP contribution in [0.1, 0.15) is 35.3 Å². The molecule has 1 aliphatic heterocycles. The van der Waals surface area contributed by atoms with Crippen molar-refractivity contribution in [2.75, 3.05) is 19.6 Å². The van der Waals surface area contributed by atoms with Crippen LogP contribution in [0.3, 0.4) is 0 Å². The van der Waals surface area contributed by atoms with Crippen molar-refractivity contribution in [1.82, 2.24) is 15.6 Å². The average molecular weight is 354 g/mol. The van der Waals surface area contributed by atoms with Gasteiger partial charge in [0.1, 0.15) is 11.3 Å². The van der Waals surface area contributed by atoms with Gasteiger partial charge in [-0.25, -0.2) is 0 Å². The lowest BCUT2D eigenvalue weighted by atomic mass is 9.96. The predicted molar refractivity (Wildman–Crippen MR) is 81.9 cm³/mol. The van der Waals surface area contributed by atoms with E-state index < -0.39 is 23.3 Å². The molecule has 23 heavy (non-hydrogen) atoms. The second kappa shape index (κ2) is 8.35. The molecule has 130 valence electrons. The van der Waals surface area contributed by atoms with Crippen LogP contribution in [-0.4, -0.2) is 30.5 Å². The first-order chi connectivity index (χ1) is 10.4. The highest BCUT2D eigenvalue weighted by Crippen LogP contribution is 2.26. The minimum atomic E-state index is -4.64. The first kappa shape index (κ1) is 19.5. The molecule has 1 aliphatic rings. The minimum Gasteiger partial charge on any atom is -0.352 e. The molecular formula is C14H19ClF3N3O2. The molecule has 0 spiro atoms. The fraction of sp³-hybridized carbons (Fsp3) is 0.571. The van der Waals surface area contributed by atoms with Gasteiger partial charge < -0.3 is 15.6 Å². The van der Waals surface area contributed by atoms with Gasteiger partial charge in [0.15, 0.2) is 0 Å². The second-order valence-corrected chi connectivity index (χ2v) is 5.37. The third-order valence-corrected chi connectivity index (χ3v) is 3.70. The van der Waals surface area contributed by atoms with Crippen molar-refractivity contribution < 1.29 is 18.0 Å². The van der Waals surface area contributed by atoms with Crippen molar-refractivity contribution in [2.45, 2.75) is 25.4 Å². The molecular weight excluding hydrogens is 335 g/mol. The Morgan fingerprint density at radius 1 is 1.35 bits per heavy atom. The summed E-state index contributed by atoms with van der Waals surface area (Å²) in [5.41, 5.74) is -2.51. The molecule has 2 heterocycles. The number of hydrogen-bond donors (Lipinski definition) is 3. The van der Waals surface area contributed by atoms with Crippen LogP contribution in [0, 0.1) is 5.92 Å². The van der Waals surface area contributed by atoms with Crippen LogP contribution in [0.15, 0.2) is 16.9 Å². The summed E-state index contributed by atoms with van der Waals surface area (Å²) in [7, 11) is 0. The third kappa shape index (κ3) is 5.54. The quantitative estimate of drug-likeness (QED) is 0.774. The molecule has 1 saturated heterocycles. The number of alkyl halides is 3. The number of halogens is 4. The molecule has 1 aromatic rings. The van der Waals surface area contributed by atoms with Crippen molar-refractivity contribution in [2.24, 2.45) is 5.92 Å². The number of aromatic amines is 1. The Labute approximate surface area is 137 Å². The Kier molecular flexibility index (Phi) is 7.08. The monoisotopic (exact) mass is 353 g/mol. The van der Waals surface area contributed by atoms with Crippen LogP contribution in [0.4, 0.5) is 13.2 Å². The summed E-state index contributed by atoms with van der Waals surface area (Å²) in [6.07, 6.45) is -1.68. The van der Waals surface area contributed by atoms with E-state index in [1.165, 1.54) is 0 Å². The summed E-state index contributed by atoms with van der Waals surface area (Å²) in [5, 5.41) is 5.84. The van der Waals surface area contributed by atoms with Crippen LogP contribution < -0.4 is 16.2 Å². The van der Waals surface area contributed by atoms with Crippen LogP contribution in [-0.2, 0) is 6.18 Å². The highest BCUT2D eigenvalue weighted by Gasteiger charge is 2.32. The number of aromatic nitrogens is 1. The molecule has 1 atom stereocenters. The number of hydrogen-bond acceptors (Lipinski definition) is 3. The van der Waals surface area contributed by atoms with Gasteiger partial charge >= 0.3 is 6.18 Å². The molecule has 1 aromatic heterocycles. The third-order valence-electron chi connectivity index (χ3n) is 3.70. The lowest BCUT2D eigenvalue weighted by Crippen LogP contribution is -2.35. The van der Waals surface area contributed by atoms with Gasteiger partial charge in [-0.3, -0.25) is 9.59 Å². The van der Waals surface area contributed by atoms with E-state index in [-0.39, 0.29) is 18.0 Å². The molecule has 0 bridgehead atoms. The topological polar surface area (TPSA) is 74.0 Å². The molecule has 3 N–H and O–H groups in total. The predicted octanol–water partition coefficient (Wildman–Crippen LogP) is 1.94. The fourth-order valence-corrected chi connectivity index (χ4v) is 2.47. The summed E-state index contributed by atoms with van der Waals surface area (Å²) in [4.78, 5) is 25.1. The molecule has 1 unspecified atom stereocenters. The van der Waals surface area contributed by atoms with Gasteiger partial charge in [-0.15, -0.1) is 12.4 Å². The summed E-state index contributed by atoms with van der Waals surface area (Å²) in [6, 6.07) is 1.60. The minimum absolute atomic E-state index is 0. The Balaban J connectivity index is 0.00000264. The van der Waals surface area contributed by atoms with Crippen LogP contribution in [0.25, 0.3) is 0 Å². The number of piperidine rings is 1. The second-order valence-electron chi connectivity index (χ2n) is 5.37. The highest BCUT2D eigenvalue weighted by molar-refractivity contribution is 5.93. The van der Waals surface area contributed by atoms with Crippen molar-refractivity contribution >= 4 is 18.3 Å². The average Bonchev–Trinajstić information content (AvgIpc) is 2.47. The Morgan fingerprint density at radius 3 is 2.65 bits per heavy atom. The SMILES string of the molecule is Cl.O=C(NCCC1CCCNC1)c1ccc(C(F)(F)F)[nH]c1=O. The van der Waals surface area contributed by atoms with Crippen molar-refractivity contribution in [3.05, 3.63) is 33.7 Å². The molecule has 1 amide bonds. The van der Waals surface area contributed by atoms with E-state index in [0.29, 0.717) is 18.5 Å². The smallest absolute Gasteiger partial charge is 0.352 e. The first-order valence-corrected chi connectivity index (χ1v) is 7.17. The van der Waals surface area contributed by atoms with Crippen LogP contribution in [0.5, 0.6) is 0 Å². The molecule has 0 aromatic carbocycles. The fourth-order valence-electron chi connectivity index (χ4n) is 2.47. The van der Waals surface area contributed by atoms with E-state index >= 15 is 0 Å². The maximum absolute atomic E-state index is 12.4. The highest BCUT2D eigenvalue weighted by atomic mass is 35.5. The number of nitrogens with one attached hydrogen (secondary N) is 3.